The molecule has 5 rings (SSSR count). The zero-order chi connectivity index (χ0) is 35.2. The van der Waals surface area contributed by atoms with E-state index in [0.717, 1.165) is 34.5 Å². The van der Waals surface area contributed by atoms with Crippen molar-refractivity contribution in [3.63, 3.8) is 0 Å². The zero-order valence-electron chi connectivity index (χ0n) is 29.6. The van der Waals surface area contributed by atoms with Gasteiger partial charge in [0, 0.05) is 38.7 Å². The number of fused-ring (bicyclic) bond motifs is 3. The summed E-state index contributed by atoms with van der Waals surface area (Å²) in [5.74, 6) is 1.97. The van der Waals surface area contributed by atoms with Crippen molar-refractivity contribution in [2.24, 2.45) is 5.92 Å². The lowest BCUT2D eigenvalue weighted by Gasteiger charge is -2.39. The van der Waals surface area contributed by atoms with E-state index in [1.54, 1.807) is 40.6 Å². The molecular formula is C38H48N4O7. The molecule has 2 aliphatic rings. The summed E-state index contributed by atoms with van der Waals surface area (Å²) in [4.78, 5) is 44.6. The fraction of sp³-hybridized carbons (Fsp3) is 0.447. The van der Waals surface area contributed by atoms with Crippen LogP contribution in [0.3, 0.4) is 0 Å². The largest absolute Gasteiger partial charge is 0.495 e. The number of benzene rings is 2. The molecule has 0 radical (unpaired) electrons. The number of amides is 2. The van der Waals surface area contributed by atoms with E-state index >= 15 is 0 Å². The lowest BCUT2D eigenvalue weighted by Crippen LogP contribution is -2.54. The normalized spacial score (nSPS) is 16.7. The molecule has 49 heavy (non-hydrogen) atoms. The van der Waals surface area contributed by atoms with Gasteiger partial charge in [0.2, 0.25) is 23.0 Å². The first kappa shape index (κ1) is 35.4. The maximum atomic E-state index is 14.1. The van der Waals surface area contributed by atoms with Gasteiger partial charge in [0.05, 0.1) is 45.9 Å². The average molecular weight is 673 g/mol. The number of nitrogens with zero attached hydrogens (tertiary/aromatic N) is 2. The number of hydrogen-bond donors (Lipinski definition) is 2. The van der Waals surface area contributed by atoms with E-state index in [0.29, 0.717) is 67.5 Å². The number of anilines is 2. The third-order valence-electron chi connectivity index (χ3n) is 9.72. The van der Waals surface area contributed by atoms with Crippen LogP contribution in [0.2, 0.25) is 0 Å². The number of hydrogen-bond acceptors (Lipinski definition) is 9. The summed E-state index contributed by atoms with van der Waals surface area (Å²) in [6, 6.07) is 14.0. The number of piperazine rings is 1. The average Bonchev–Trinajstić information content (AvgIpc) is 3.36. The molecule has 2 N–H and O–H groups in total. The van der Waals surface area contributed by atoms with Crippen LogP contribution >= 0.6 is 0 Å². The van der Waals surface area contributed by atoms with Crippen LogP contribution in [0.5, 0.6) is 23.0 Å². The third-order valence-corrected chi connectivity index (χ3v) is 9.72. The van der Waals surface area contributed by atoms with Crippen molar-refractivity contribution in [1.82, 2.24) is 10.2 Å². The summed E-state index contributed by atoms with van der Waals surface area (Å²) in [7, 11) is 6.36. The van der Waals surface area contributed by atoms with Gasteiger partial charge in [-0.1, -0.05) is 38.5 Å². The van der Waals surface area contributed by atoms with Crippen molar-refractivity contribution in [3.8, 4) is 34.1 Å². The van der Waals surface area contributed by atoms with Crippen LogP contribution in [0, 0.1) is 5.92 Å². The minimum atomic E-state index is -0.616. The maximum Gasteiger partial charge on any atom is 0.245 e. The van der Waals surface area contributed by atoms with Gasteiger partial charge >= 0.3 is 0 Å². The summed E-state index contributed by atoms with van der Waals surface area (Å²) >= 11 is 0. The first-order valence-electron chi connectivity index (χ1n) is 16.9. The number of para-hydroxylation sites is 2. The van der Waals surface area contributed by atoms with Crippen molar-refractivity contribution >= 4 is 23.2 Å². The van der Waals surface area contributed by atoms with Gasteiger partial charge in [0.25, 0.3) is 0 Å². The Balaban J connectivity index is 1.51. The van der Waals surface area contributed by atoms with Gasteiger partial charge in [0.15, 0.2) is 11.5 Å². The smallest absolute Gasteiger partial charge is 0.245 e. The van der Waals surface area contributed by atoms with Gasteiger partial charge in [-0.3, -0.25) is 14.4 Å². The van der Waals surface area contributed by atoms with Crippen LogP contribution in [0.15, 0.2) is 53.3 Å². The van der Waals surface area contributed by atoms with Crippen molar-refractivity contribution in [2.75, 3.05) is 64.8 Å². The molecular weight excluding hydrogens is 624 g/mol. The molecule has 1 saturated heterocycles. The number of aryl methyl sites for hydroxylation is 1. The number of carbonyl (C=O) groups is 2. The number of carbonyl (C=O) groups excluding carboxylic acids is 2. The van der Waals surface area contributed by atoms with Crippen molar-refractivity contribution < 1.29 is 28.5 Å². The Morgan fingerprint density at radius 3 is 2.22 bits per heavy atom. The second kappa shape index (κ2) is 15.5. The van der Waals surface area contributed by atoms with Crippen LogP contribution in [-0.4, -0.2) is 77.4 Å². The molecule has 2 amide bonds. The Bertz CT molecular complexity index is 1740. The molecule has 0 bridgehead atoms. The van der Waals surface area contributed by atoms with Gasteiger partial charge in [-0.25, -0.2) is 0 Å². The highest BCUT2D eigenvalue weighted by Crippen LogP contribution is 2.50. The van der Waals surface area contributed by atoms with E-state index in [4.69, 9.17) is 18.9 Å². The molecule has 3 aromatic carbocycles. The SMILES string of the molecule is CC[C@@H](C)[C@H](Nc1ccc2c(cc1=O)[C@@H](NC(C)=O)CCc1cc(OC)c(OC)c(OC)c1-2)C(=O)N1CCN(c2ccccc2OC)CC1. The van der Waals surface area contributed by atoms with Gasteiger partial charge in [-0.2, -0.15) is 0 Å². The molecule has 3 aromatic rings. The second-order valence-corrected chi connectivity index (χ2v) is 12.6. The Kier molecular flexibility index (Phi) is 11.2. The zero-order valence-corrected chi connectivity index (χ0v) is 29.6. The second-order valence-electron chi connectivity index (χ2n) is 12.6. The molecule has 0 saturated carbocycles. The Hall–Kier alpha value is -4.93. The molecule has 1 aliphatic carbocycles. The summed E-state index contributed by atoms with van der Waals surface area (Å²) in [6.45, 7) is 7.96. The molecule has 11 heteroatoms. The Morgan fingerprint density at radius 1 is 0.898 bits per heavy atom. The standard InChI is InChI=1S/C38H48N4O7/c1-8-23(2)35(38(45)42-19-17-41(18-20-42)30-11-9-10-12-32(30)46-4)40-29-16-14-26-27(22-31(29)44)28(39-24(3)43)15-13-25-21-33(47-5)36(48-6)37(49-7)34(25)26/h9-12,14,16,21-23,28,35H,8,13,15,17-20H2,1-7H3,(H,39,43)(H,40,44)/t23-,28+,35+/m1/s1. The molecule has 1 aliphatic heterocycles. The fourth-order valence-corrected chi connectivity index (χ4v) is 6.93. The van der Waals surface area contributed by atoms with Crippen LogP contribution in [0.1, 0.15) is 50.8 Å². The number of nitrogens with one attached hydrogen (secondary N) is 2. The summed E-state index contributed by atoms with van der Waals surface area (Å²) in [5, 5.41) is 6.41. The molecule has 262 valence electrons. The summed E-state index contributed by atoms with van der Waals surface area (Å²) in [5.41, 5.74) is 4.14. The third kappa shape index (κ3) is 7.25. The molecule has 11 nitrogen and oxygen atoms in total. The lowest BCUT2D eigenvalue weighted by molar-refractivity contribution is -0.133. The van der Waals surface area contributed by atoms with E-state index in [9.17, 15) is 14.4 Å². The molecule has 0 aromatic heterocycles. The maximum absolute atomic E-state index is 14.1. The minimum Gasteiger partial charge on any atom is -0.495 e. The van der Waals surface area contributed by atoms with Gasteiger partial charge in [0.1, 0.15) is 11.8 Å². The van der Waals surface area contributed by atoms with Gasteiger partial charge in [-0.15, -0.1) is 0 Å². The predicted molar refractivity (Wildman–Crippen MR) is 191 cm³/mol. The van der Waals surface area contributed by atoms with E-state index < -0.39 is 12.1 Å². The van der Waals surface area contributed by atoms with Gasteiger partial charge in [-0.05, 0) is 65.8 Å². The highest BCUT2D eigenvalue weighted by Gasteiger charge is 2.33. The predicted octanol–water partition coefficient (Wildman–Crippen LogP) is 5.05. The topological polar surface area (TPSA) is 119 Å². The first-order chi connectivity index (χ1) is 23.6. The highest BCUT2D eigenvalue weighted by atomic mass is 16.5. The van der Waals surface area contributed by atoms with Crippen LogP contribution in [-0.2, 0) is 16.0 Å². The van der Waals surface area contributed by atoms with Crippen LogP contribution in [0.25, 0.3) is 11.1 Å². The molecule has 1 heterocycles. The number of methoxy groups -OCH3 is 4. The first-order valence-corrected chi connectivity index (χ1v) is 16.9. The highest BCUT2D eigenvalue weighted by molar-refractivity contribution is 5.86. The summed E-state index contributed by atoms with van der Waals surface area (Å²) in [6.07, 6.45) is 1.90. The van der Waals surface area contributed by atoms with Crippen LogP contribution in [0.4, 0.5) is 11.4 Å². The fourth-order valence-electron chi connectivity index (χ4n) is 6.93. The molecule has 1 fully saturated rings. The Labute approximate surface area is 288 Å². The summed E-state index contributed by atoms with van der Waals surface area (Å²) < 4.78 is 22.8. The van der Waals surface area contributed by atoms with E-state index in [-0.39, 0.29) is 23.2 Å². The minimum absolute atomic E-state index is 0.0403. The Morgan fingerprint density at radius 2 is 1.59 bits per heavy atom. The molecule has 3 atom stereocenters. The molecule has 0 spiro atoms. The van der Waals surface area contributed by atoms with Crippen LogP contribution < -0.4 is 39.9 Å². The monoisotopic (exact) mass is 672 g/mol. The van der Waals surface area contributed by atoms with E-state index in [1.807, 2.05) is 55.1 Å². The van der Waals surface area contributed by atoms with Crippen molar-refractivity contribution in [3.05, 3.63) is 69.9 Å². The van der Waals surface area contributed by atoms with Crippen molar-refractivity contribution in [1.29, 1.82) is 0 Å². The lowest BCUT2D eigenvalue weighted by atomic mass is 9.95. The van der Waals surface area contributed by atoms with Gasteiger partial charge < -0.3 is 39.4 Å². The number of ether oxygens (including phenoxy) is 4. The number of rotatable bonds is 11. The molecule has 0 unspecified atom stereocenters. The van der Waals surface area contributed by atoms with E-state index in [1.165, 1.54) is 6.92 Å². The van der Waals surface area contributed by atoms with Crippen molar-refractivity contribution in [2.45, 2.75) is 52.1 Å². The quantitative estimate of drug-likeness (QED) is 0.289. The van der Waals surface area contributed by atoms with E-state index in [2.05, 4.69) is 15.5 Å².